The first kappa shape index (κ1) is 15.7. The number of carbonyl (C=O) groups is 1. The molecule has 0 saturated carbocycles. The molecule has 0 bridgehead atoms. The van der Waals surface area contributed by atoms with E-state index in [1.165, 1.54) is 0 Å². The van der Waals surface area contributed by atoms with Crippen molar-refractivity contribution < 1.29 is 4.79 Å². The Balaban J connectivity index is 2.94. The Kier molecular flexibility index (Phi) is 5.11. The van der Waals surface area contributed by atoms with Crippen LogP contribution in [0.25, 0.3) is 0 Å². The summed E-state index contributed by atoms with van der Waals surface area (Å²) in [5.74, 6) is -0.168. The third-order valence-electron chi connectivity index (χ3n) is 3.09. The molecule has 19 heavy (non-hydrogen) atoms. The summed E-state index contributed by atoms with van der Waals surface area (Å²) in [5.41, 5.74) is 7.85. The van der Waals surface area contributed by atoms with Gasteiger partial charge in [-0.05, 0) is 18.9 Å². The van der Waals surface area contributed by atoms with E-state index in [0.717, 1.165) is 11.3 Å². The molecule has 0 fully saturated rings. The number of hydrogen-bond acceptors (Lipinski definition) is 3. The highest BCUT2D eigenvalue weighted by Gasteiger charge is 2.25. The molecule has 0 aliphatic heterocycles. The molecule has 108 valence electrons. The normalized spacial score (nSPS) is 13.4. The van der Waals surface area contributed by atoms with E-state index in [1.807, 2.05) is 20.2 Å². The summed E-state index contributed by atoms with van der Waals surface area (Å²) in [5, 5.41) is 7.35. The van der Waals surface area contributed by atoms with Crippen LogP contribution in [0.2, 0.25) is 0 Å². The van der Waals surface area contributed by atoms with Gasteiger partial charge < -0.3 is 11.1 Å². The lowest BCUT2D eigenvalue weighted by Crippen LogP contribution is -2.36. The van der Waals surface area contributed by atoms with Crippen molar-refractivity contribution in [2.45, 2.75) is 39.5 Å². The van der Waals surface area contributed by atoms with Gasteiger partial charge in [-0.25, -0.2) is 0 Å². The predicted molar refractivity (Wildman–Crippen MR) is 76.8 cm³/mol. The first-order valence-corrected chi connectivity index (χ1v) is 6.80. The molecule has 1 aromatic heterocycles. The second-order valence-electron chi connectivity index (χ2n) is 5.96. The molecule has 0 radical (unpaired) electrons. The molecule has 5 nitrogen and oxygen atoms in total. The highest BCUT2D eigenvalue weighted by Crippen LogP contribution is 2.25. The number of hydrogen-bond donors (Lipinski definition) is 2. The van der Waals surface area contributed by atoms with E-state index >= 15 is 0 Å². The molecule has 1 atom stereocenters. The lowest BCUT2D eigenvalue weighted by Gasteiger charge is -2.19. The summed E-state index contributed by atoms with van der Waals surface area (Å²) in [6.07, 6.45) is 2.63. The fraction of sp³-hybridized carbons (Fsp3) is 0.714. The van der Waals surface area contributed by atoms with Crippen LogP contribution in [-0.4, -0.2) is 28.8 Å². The molecule has 1 amide bonds. The fourth-order valence-electron chi connectivity index (χ4n) is 2.19. The summed E-state index contributed by atoms with van der Waals surface area (Å²) >= 11 is 0. The van der Waals surface area contributed by atoms with E-state index in [4.69, 9.17) is 5.73 Å². The number of amides is 1. The zero-order valence-electron chi connectivity index (χ0n) is 12.7. The van der Waals surface area contributed by atoms with Gasteiger partial charge in [0.25, 0.3) is 0 Å². The number of nitrogens with one attached hydrogen (secondary N) is 1. The van der Waals surface area contributed by atoms with Gasteiger partial charge in [0, 0.05) is 31.7 Å². The van der Waals surface area contributed by atoms with Crippen molar-refractivity contribution in [1.29, 1.82) is 0 Å². The van der Waals surface area contributed by atoms with E-state index in [-0.39, 0.29) is 17.2 Å². The molecule has 3 N–H and O–H groups in total. The number of carbonyl (C=O) groups excluding carboxylic acids is 1. The molecule has 0 spiro atoms. The largest absolute Gasteiger partial charge is 0.356 e. The van der Waals surface area contributed by atoms with Gasteiger partial charge >= 0.3 is 0 Å². The minimum atomic E-state index is -0.190. The van der Waals surface area contributed by atoms with Crippen molar-refractivity contribution in [1.82, 2.24) is 15.1 Å². The van der Waals surface area contributed by atoms with Gasteiger partial charge in [0.05, 0.1) is 11.6 Å². The minimum absolute atomic E-state index is 0.0220. The van der Waals surface area contributed by atoms with Crippen molar-refractivity contribution in [2.24, 2.45) is 18.7 Å². The maximum atomic E-state index is 11.9. The van der Waals surface area contributed by atoms with Gasteiger partial charge in [-0.15, -0.1) is 0 Å². The summed E-state index contributed by atoms with van der Waals surface area (Å²) in [6.45, 7) is 9.28. The summed E-state index contributed by atoms with van der Waals surface area (Å²) in [4.78, 5) is 11.9. The van der Waals surface area contributed by atoms with Crippen LogP contribution in [0.3, 0.4) is 0 Å². The van der Waals surface area contributed by atoms with Crippen LogP contribution >= 0.6 is 0 Å². The Hall–Kier alpha value is -1.36. The number of rotatable bonds is 5. The van der Waals surface area contributed by atoms with Crippen LogP contribution in [0.5, 0.6) is 0 Å². The Bertz CT molecular complexity index is 431. The molecule has 0 saturated heterocycles. The smallest absolute Gasteiger partial charge is 0.224 e. The molecule has 1 rings (SSSR count). The monoisotopic (exact) mass is 266 g/mol. The van der Waals surface area contributed by atoms with Gasteiger partial charge in [0.1, 0.15) is 0 Å². The Labute approximate surface area is 115 Å². The third-order valence-corrected chi connectivity index (χ3v) is 3.09. The SMILES string of the molecule is CCNC(=O)C(CN)Cc1cn(C)nc1C(C)(C)C. The maximum Gasteiger partial charge on any atom is 0.224 e. The van der Waals surface area contributed by atoms with Crippen LogP contribution in [0.15, 0.2) is 6.20 Å². The molecule has 1 unspecified atom stereocenters. The molecule has 0 aromatic carbocycles. The van der Waals surface area contributed by atoms with Crippen LogP contribution in [0.4, 0.5) is 0 Å². The summed E-state index contributed by atoms with van der Waals surface area (Å²) in [7, 11) is 1.91. The first-order valence-electron chi connectivity index (χ1n) is 6.80. The van der Waals surface area contributed by atoms with Crippen molar-refractivity contribution in [3.05, 3.63) is 17.5 Å². The van der Waals surface area contributed by atoms with Crippen molar-refractivity contribution in [2.75, 3.05) is 13.1 Å². The standard InChI is InChI=1S/C14H26N4O/c1-6-16-13(19)10(8-15)7-11-9-18(5)17-12(11)14(2,3)4/h9-10H,6-8,15H2,1-5H3,(H,16,19). The van der Waals surface area contributed by atoms with E-state index in [1.54, 1.807) is 4.68 Å². The number of nitrogens with two attached hydrogens (primary N) is 1. The van der Waals surface area contributed by atoms with Crippen LogP contribution < -0.4 is 11.1 Å². The Morgan fingerprint density at radius 1 is 1.53 bits per heavy atom. The third kappa shape index (κ3) is 4.06. The number of aromatic nitrogens is 2. The zero-order chi connectivity index (χ0) is 14.6. The van der Waals surface area contributed by atoms with E-state index in [2.05, 4.69) is 31.2 Å². The second-order valence-corrected chi connectivity index (χ2v) is 5.96. The molecule has 1 aromatic rings. The average molecular weight is 266 g/mol. The van der Waals surface area contributed by atoms with Crippen molar-refractivity contribution in [3.8, 4) is 0 Å². The van der Waals surface area contributed by atoms with E-state index in [9.17, 15) is 4.79 Å². The van der Waals surface area contributed by atoms with Crippen LogP contribution in [-0.2, 0) is 23.7 Å². The molecule has 1 heterocycles. The molecular formula is C14H26N4O. The Morgan fingerprint density at radius 3 is 2.63 bits per heavy atom. The highest BCUT2D eigenvalue weighted by atomic mass is 16.1. The number of aryl methyl sites for hydroxylation is 1. The van der Waals surface area contributed by atoms with Gasteiger partial charge in [0.2, 0.25) is 5.91 Å². The van der Waals surface area contributed by atoms with Gasteiger partial charge in [-0.2, -0.15) is 5.10 Å². The van der Waals surface area contributed by atoms with Crippen molar-refractivity contribution >= 4 is 5.91 Å². The predicted octanol–water partition coefficient (Wildman–Crippen LogP) is 0.971. The quantitative estimate of drug-likeness (QED) is 0.834. The molecular weight excluding hydrogens is 240 g/mol. The number of nitrogens with zero attached hydrogens (tertiary/aromatic N) is 2. The van der Waals surface area contributed by atoms with E-state index < -0.39 is 0 Å². The molecule has 5 heteroatoms. The topological polar surface area (TPSA) is 72.9 Å². The lowest BCUT2D eigenvalue weighted by atomic mass is 9.86. The highest BCUT2D eigenvalue weighted by molar-refractivity contribution is 5.79. The molecule has 0 aliphatic rings. The zero-order valence-corrected chi connectivity index (χ0v) is 12.7. The fourth-order valence-corrected chi connectivity index (χ4v) is 2.19. The summed E-state index contributed by atoms with van der Waals surface area (Å²) < 4.78 is 1.81. The Morgan fingerprint density at radius 2 is 2.16 bits per heavy atom. The second kappa shape index (κ2) is 6.19. The van der Waals surface area contributed by atoms with Crippen molar-refractivity contribution in [3.63, 3.8) is 0 Å². The minimum Gasteiger partial charge on any atom is -0.356 e. The van der Waals surface area contributed by atoms with Crippen LogP contribution in [0, 0.1) is 5.92 Å². The van der Waals surface area contributed by atoms with E-state index in [0.29, 0.717) is 19.5 Å². The van der Waals surface area contributed by atoms with Gasteiger partial charge in [-0.1, -0.05) is 20.8 Å². The lowest BCUT2D eigenvalue weighted by molar-refractivity contribution is -0.124. The van der Waals surface area contributed by atoms with Gasteiger partial charge in [-0.3, -0.25) is 9.48 Å². The maximum absolute atomic E-state index is 11.9. The molecule has 0 aliphatic carbocycles. The van der Waals surface area contributed by atoms with Gasteiger partial charge in [0.15, 0.2) is 0 Å². The summed E-state index contributed by atoms with van der Waals surface area (Å²) in [6, 6.07) is 0. The first-order chi connectivity index (χ1) is 8.79. The average Bonchev–Trinajstić information content (AvgIpc) is 2.67. The van der Waals surface area contributed by atoms with Crippen LogP contribution in [0.1, 0.15) is 39.0 Å².